The maximum absolute atomic E-state index is 5.98. The van der Waals surface area contributed by atoms with Crippen molar-refractivity contribution in [3.63, 3.8) is 0 Å². The highest BCUT2D eigenvalue weighted by molar-refractivity contribution is 5.84. The first-order chi connectivity index (χ1) is 11.4. The molecule has 2 aromatic carbocycles. The van der Waals surface area contributed by atoms with Gasteiger partial charge in [0.1, 0.15) is 24.7 Å². The fourth-order valence-corrected chi connectivity index (χ4v) is 3.33. The smallest absolute Gasteiger partial charge is 0.226 e. The van der Waals surface area contributed by atoms with E-state index in [-0.39, 0.29) is 6.04 Å². The summed E-state index contributed by atoms with van der Waals surface area (Å²) >= 11 is 0. The topological polar surface area (TPSA) is 52.0 Å². The number of ether oxygens (including phenoxy) is 1. The summed E-state index contributed by atoms with van der Waals surface area (Å²) in [4.78, 5) is 4.36. The van der Waals surface area contributed by atoms with Crippen molar-refractivity contribution in [2.75, 3.05) is 11.9 Å². The van der Waals surface area contributed by atoms with E-state index in [0.29, 0.717) is 6.61 Å². The Kier molecular flexibility index (Phi) is 2.55. The number of hydrogen-bond donors (Lipinski definition) is 1. The number of hydrogen-bond acceptors (Lipinski definition) is 4. The Balaban J connectivity index is 1.75. The molecule has 0 spiro atoms. The molecule has 2 aliphatic heterocycles. The highest BCUT2D eigenvalue weighted by atomic mass is 16.5. The third kappa shape index (κ3) is 1.80. The quantitative estimate of drug-likeness (QED) is 0.750. The lowest BCUT2D eigenvalue weighted by Crippen LogP contribution is -2.30. The first-order valence-electron chi connectivity index (χ1n) is 7.58. The van der Waals surface area contributed by atoms with Crippen LogP contribution in [0.3, 0.4) is 0 Å². The molecule has 0 amide bonds. The highest BCUT2D eigenvalue weighted by Gasteiger charge is 2.34. The lowest BCUT2D eigenvalue weighted by atomic mass is 9.92. The molecule has 0 unspecified atom stereocenters. The molecule has 0 fully saturated rings. The van der Waals surface area contributed by atoms with Crippen LogP contribution in [0.4, 0.5) is 5.95 Å². The molecule has 0 radical (unpaired) electrons. The Morgan fingerprint density at radius 1 is 1.04 bits per heavy atom. The molecule has 5 nitrogen and oxygen atoms in total. The van der Waals surface area contributed by atoms with Gasteiger partial charge in [0, 0.05) is 11.1 Å². The Morgan fingerprint density at radius 3 is 2.78 bits per heavy atom. The average molecular weight is 302 g/mol. The van der Waals surface area contributed by atoms with Crippen LogP contribution in [-0.2, 0) is 0 Å². The molecule has 5 rings (SSSR count). The second-order valence-electron chi connectivity index (χ2n) is 5.65. The van der Waals surface area contributed by atoms with Gasteiger partial charge in [-0.1, -0.05) is 42.5 Å². The van der Waals surface area contributed by atoms with E-state index < -0.39 is 0 Å². The molecule has 0 bridgehead atoms. The molecule has 0 aliphatic carbocycles. The van der Waals surface area contributed by atoms with Gasteiger partial charge in [-0.3, -0.25) is 0 Å². The molecule has 3 heterocycles. The van der Waals surface area contributed by atoms with E-state index in [0.717, 1.165) is 23.0 Å². The molecular formula is C18H14N4O. The molecule has 2 aliphatic rings. The van der Waals surface area contributed by atoms with Gasteiger partial charge >= 0.3 is 0 Å². The predicted octanol–water partition coefficient (Wildman–Crippen LogP) is 3.10. The van der Waals surface area contributed by atoms with E-state index in [1.165, 1.54) is 11.1 Å². The molecule has 5 heteroatoms. The van der Waals surface area contributed by atoms with Gasteiger partial charge in [-0.05, 0) is 17.7 Å². The number of nitrogens with one attached hydrogen (secondary N) is 1. The van der Waals surface area contributed by atoms with Gasteiger partial charge in [-0.15, -0.1) is 0 Å². The van der Waals surface area contributed by atoms with E-state index in [9.17, 15) is 0 Å². The van der Waals surface area contributed by atoms with Crippen molar-refractivity contribution in [3.05, 3.63) is 77.6 Å². The number of benzene rings is 2. The predicted molar refractivity (Wildman–Crippen MR) is 87.1 cm³/mol. The monoisotopic (exact) mass is 302 g/mol. The van der Waals surface area contributed by atoms with E-state index in [4.69, 9.17) is 4.74 Å². The highest BCUT2D eigenvalue weighted by Crippen LogP contribution is 2.42. The van der Waals surface area contributed by atoms with Crippen LogP contribution in [0.5, 0.6) is 5.75 Å². The zero-order valence-corrected chi connectivity index (χ0v) is 12.3. The maximum Gasteiger partial charge on any atom is 0.226 e. The van der Waals surface area contributed by atoms with Crippen molar-refractivity contribution >= 4 is 11.6 Å². The van der Waals surface area contributed by atoms with Crippen molar-refractivity contribution in [3.8, 4) is 5.75 Å². The molecule has 1 atom stereocenters. The number of nitrogens with zero attached hydrogens (tertiary/aromatic N) is 3. The van der Waals surface area contributed by atoms with Crippen LogP contribution in [0.25, 0.3) is 5.70 Å². The van der Waals surface area contributed by atoms with Crippen LogP contribution >= 0.6 is 0 Å². The SMILES string of the molecule is c1ccc([C@H]2C3=C(Nc4ncnn42)c2ccccc2OC3)cc1. The Hall–Kier alpha value is -3.08. The molecule has 0 saturated carbocycles. The molecular weight excluding hydrogens is 288 g/mol. The Morgan fingerprint density at radius 2 is 1.87 bits per heavy atom. The number of para-hydroxylation sites is 1. The summed E-state index contributed by atoms with van der Waals surface area (Å²) in [6.07, 6.45) is 1.59. The van der Waals surface area contributed by atoms with Crippen LogP contribution in [0.15, 0.2) is 66.5 Å². The largest absolute Gasteiger partial charge is 0.488 e. The first-order valence-corrected chi connectivity index (χ1v) is 7.58. The summed E-state index contributed by atoms with van der Waals surface area (Å²) in [5.41, 5.74) is 4.51. The molecule has 112 valence electrons. The summed E-state index contributed by atoms with van der Waals surface area (Å²) < 4.78 is 7.90. The van der Waals surface area contributed by atoms with Crippen LogP contribution in [0.2, 0.25) is 0 Å². The zero-order valence-electron chi connectivity index (χ0n) is 12.3. The van der Waals surface area contributed by atoms with E-state index >= 15 is 0 Å². The van der Waals surface area contributed by atoms with Gasteiger partial charge in [-0.2, -0.15) is 10.1 Å². The molecule has 1 aromatic heterocycles. The summed E-state index contributed by atoms with van der Waals surface area (Å²) in [5, 5.41) is 7.84. The van der Waals surface area contributed by atoms with Crippen molar-refractivity contribution in [2.45, 2.75) is 6.04 Å². The van der Waals surface area contributed by atoms with Gasteiger partial charge in [0.05, 0.1) is 5.70 Å². The number of rotatable bonds is 1. The van der Waals surface area contributed by atoms with Crippen LogP contribution in [0.1, 0.15) is 17.2 Å². The molecule has 3 aromatic rings. The van der Waals surface area contributed by atoms with Gasteiger partial charge in [0.2, 0.25) is 5.95 Å². The summed E-state index contributed by atoms with van der Waals surface area (Å²) in [5.74, 6) is 1.66. The maximum atomic E-state index is 5.98. The van der Waals surface area contributed by atoms with Gasteiger partial charge in [0.15, 0.2) is 0 Å². The fraction of sp³-hybridized carbons (Fsp3) is 0.111. The van der Waals surface area contributed by atoms with Crippen molar-refractivity contribution in [1.29, 1.82) is 0 Å². The zero-order chi connectivity index (χ0) is 15.2. The first kappa shape index (κ1) is 12.5. The van der Waals surface area contributed by atoms with E-state index in [2.05, 4.69) is 33.6 Å². The lowest BCUT2D eigenvalue weighted by Gasteiger charge is -2.34. The second-order valence-corrected chi connectivity index (χ2v) is 5.65. The number of anilines is 1. The minimum absolute atomic E-state index is 0.00157. The average Bonchev–Trinajstić information content (AvgIpc) is 3.08. The summed E-state index contributed by atoms with van der Waals surface area (Å²) in [6.45, 7) is 0.540. The van der Waals surface area contributed by atoms with Crippen LogP contribution in [0, 0.1) is 0 Å². The summed E-state index contributed by atoms with van der Waals surface area (Å²) in [6, 6.07) is 18.4. The van der Waals surface area contributed by atoms with Crippen LogP contribution in [-0.4, -0.2) is 21.4 Å². The minimum Gasteiger partial charge on any atom is -0.488 e. The minimum atomic E-state index is -0.00157. The van der Waals surface area contributed by atoms with Crippen LogP contribution < -0.4 is 10.1 Å². The summed E-state index contributed by atoms with van der Waals surface area (Å²) in [7, 11) is 0. The van der Waals surface area contributed by atoms with Crippen molar-refractivity contribution in [2.24, 2.45) is 0 Å². The van der Waals surface area contributed by atoms with Gasteiger partial charge in [-0.25, -0.2) is 4.68 Å². The third-order valence-electron chi connectivity index (χ3n) is 4.36. The van der Waals surface area contributed by atoms with Gasteiger partial charge in [0.25, 0.3) is 0 Å². The third-order valence-corrected chi connectivity index (χ3v) is 4.36. The van der Waals surface area contributed by atoms with Crippen molar-refractivity contribution < 1.29 is 4.74 Å². The molecule has 1 N–H and O–H groups in total. The normalized spacial score (nSPS) is 18.3. The molecule has 0 saturated heterocycles. The number of fused-ring (bicyclic) bond motifs is 3. The Labute approximate surface area is 133 Å². The van der Waals surface area contributed by atoms with E-state index in [1.54, 1.807) is 6.33 Å². The Bertz CT molecular complexity index is 914. The fourth-order valence-electron chi connectivity index (χ4n) is 3.33. The second kappa shape index (κ2) is 4.71. The number of aromatic nitrogens is 3. The standard InChI is InChI=1S/C18H14N4O/c1-2-6-12(7-3-1)17-14-10-23-15-9-5-4-8-13(15)16(14)21-18-19-11-20-22(17)18/h1-9,11,17H,10H2,(H,19,20,21)/t17-/m0/s1. The van der Waals surface area contributed by atoms with Crippen molar-refractivity contribution in [1.82, 2.24) is 14.8 Å². The lowest BCUT2D eigenvalue weighted by molar-refractivity contribution is 0.328. The van der Waals surface area contributed by atoms with Gasteiger partial charge < -0.3 is 10.1 Å². The van der Waals surface area contributed by atoms with E-state index in [1.807, 2.05) is 41.1 Å². The molecule has 23 heavy (non-hydrogen) atoms.